The maximum atomic E-state index is 12.1. The van der Waals surface area contributed by atoms with Crippen LogP contribution in [0.4, 0.5) is 5.82 Å². The lowest BCUT2D eigenvalue weighted by molar-refractivity contribution is 0.0997. The molecule has 110 valence electrons. The van der Waals surface area contributed by atoms with Gasteiger partial charge in [0.25, 0.3) is 5.91 Å². The van der Waals surface area contributed by atoms with Crippen molar-refractivity contribution in [1.29, 1.82) is 0 Å². The maximum absolute atomic E-state index is 12.1. The number of aryl methyl sites for hydroxylation is 2. The average molecular weight is 292 g/mol. The van der Waals surface area contributed by atoms with Gasteiger partial charge in [-0.15, -0.1) is 0 Å². The van der Waals surface area contributed by atoms with E-state index in [9.17, 15) is 4.79 Å². The van der Waals surface area contributed by atoms with Crippen LogP contribution in [0.2, 0.25) is 0 Å². The van der Waals surface area contributed by atoms with E-state index in [2.05, 4.69) is 30.2 Å². The number of hydrogen-bond donors (Lipinski definition) is 1. The molecule has 1 amide bonds. The molecule has 0 atom stereocenters. The molecule has 0 radical (unpaired) electrons. The molecular formula is C18H16N2O2. The van der Waals surface area contributed by atoms with Gasteiger partial charge in [-0.05, 0) is 55.3 Å². The molecule has 2 aromatic heterocycles. The van der Waals surface area contributed by atoms with Crippen molar-refractivity contribution >= 4 is 11.7 Å². The fourth-order valence-electron chi connectivity index (χ4n) is 2.12. The molecule has 0 saturated carbocycles. The first-order valence-corrected chi connectivity index (χ1v) is 7.03. The molecule has 1 aromatic carbocycles. The zero-order valence-electron chi connectivity index (χ0n) is 12.5. The van der Waals surface area contributed by atoms with Gasteiger partial charge in [-0.1, -0.05) is 18.2 Å². The zero-order valence-corrected chi connectivity index (χ0v) is 12.5. The van der Waals surface area contributed by atoms with Gasteiger partial charge in [0.15, 0.2) is 5.76 Å². The molecule has 3 aromatic rings. The highest BCUT2D eigenvalue weighted by atomic mass is 16.3. The van der Waals surface area contributed by atoms with Crippen LogP contribution in [0.3, 0.4) is 0 Å². The van der Waals surface area contributed by atoms with Crippen molar-refractivity contribution in [3.8, 4) is 11.3 Å². The van der Waals surface area contributed by atoms with Crippen molar-refractivity contribution in [2.45, 2.75) is 13.8 Å². The monoisotopic (exact) mass is 292 g/mol. The third-order valence-corrected chi connectivity index (χ3v) is 3.53. The molecule has 0 saturated heterocycles. The smallest absolute Gasteiger partial charge is 0.292 e. The number of anilines is 1. The van der Waals surface area contributed by atoms with E-state index < -0.39 is 0 Å². The minimum atomic E-state index is -0.311. The predicted octanol–water partition coefficient (Wildman–Crippen LogP) is 4.21. The van der Waals surface area contributed by atoms with Crippen molar-refractivity contribution in [1.82, 2.24) is 4.98 Å². The van der Waals surface area contributed by atoms with Crippen molar-refractivity contribution < 1.29 is 9.21 Å². The van der Waals surface area contributed by atoms with E-state index in [1.54, 1.807) is 30.5 Å². The summed E-state index contributed by atoms with van der Waals surface area (Å²) in [6, 6.07) is 14.9. The SMILES string of the molecule is Cc1ccc(-c2ccc(C(=O)Nc3ccccn3)o2)cc1C. The Bertz CT molecular complexity index is 807. The molecule has 0 aliphatic rings. The lowest BCUT2D eigenvalue weighted by Gasteiger charge is -2.03. The standard InChI is InChI=1S/C18H16N2O2/c1-12-6-7-14(11-13(12)2)15-8-9-16(22-15)18(21)20-17-5-3-4-10-19-17/h3-11H,1-2H3,(H,19,20,21). The van der Waals surface area contributed by atoms with E-state index in [1.807, 2.05) is 18.2 Å². The van der Waals surface area contributed by atoms with Gasteiger partial charge in [-0.25, -0.2) is 4.98 Å². The van der Waals surface area contributed by atoms with Crippen LogP contribution < -0.4 is 5.32 Å². The summed E-state index contributed by atoms with van der Waals surface area (Å²) in [6.45, 7) is 4.11. The zero-order chi connectivity index (χ0) is 15.5. The van der Waals surface area contributed by atoms with E-state index in [0.29, 0.717) is 11.6 Å². The molecule has 0 spiro atoms. The Balaban J connectivity index is 1.81. The van der Waals surface area contributed by atoms with Gasteiger partial charge >= 0.3 is 0 Å². The van der Waals surface area contributed by atoms with Gasteiger partial charge in [-0.2, -0.15) is 0 Å². The topological polar surface area (TPSA) is 55.1 Å². The Morgan fingerprint density at radius 3 is 2.64 bits per heavy atom. The fourth-order valence-corrected chi connectivity index (χ4v) is 2.12. The number of hydrogen-bond acceptors (Lipinski definition) is 3. The van der Waals surface area contributed by atoms with Crippen LogP contribution in [0.25, 0.3) is 11.3 Å². The molecule has 0 aliphatic heterocycles. The minimum Gasteiger partial charge on any atom is -0.451 e. The third-order valence-electron chi connectivity index (χ3n) is 3.53. The number of amides is 1. The normalized spacial score (nSPS) is 10.5. The summed E-state index contributed by atoms with van der Waals surface area (Å²) in [4.78, 5) is 16.2. The van der Waals surface area contributed by atoms with Crippen LogP contribution >= 0.6 is 0 Å². The number of nitrogens with zero attached hydrogens (tertiary/aromatic N) is 1. The van der Waals surface area contributed by atoms with Crippen LogP contribution in [0.15, 0.2) is 59.1 Å². The first kappa shape index (κ1) is 14.1. The van der Waals surface area contributed by atoms with Crippen LogP contribution in [0.1, 0.15) is 21.7 Å². The lowest BCUT2D eigenvalue weighted by Crippen LogP contribution is -2.11. The molecular weight excluding hydrogens is 276 g/mol. The van der Waals surface area contributed by atoms with E-state index in [-0.39, 0.29) is 11.7 Å². The molecule has 0 fully saturated rings. The van der Waals surface area contributed by atoms with E-state index in [1.165, 1.54) is 11.1 Å². The maximum Gasteiger partial charge on any atom is 0.292 e. The van der Waals surface area contributed by atoms with Gasteiger partial charge in [0.2, 0.25) is 0 Å². The Hall–Kier alpha value is -2.88. The lowest BCUT2D eigenvalue weighted by atomic mass is 10.1. The third kappa shape index (κ3) is 2.91. The summed E-state index contributed by atoms with van der Waals surface area (Å²) in [5, 5.41) is 2.70. The van der Waals surface area contributed by atoms with Crippen molar-refractivity contribution in [2.24, 2.45) is 0 Å². The molecule has 4 heteroatoms. The number of furan rings is 1. The summed E-state index contributed by atoms with van der Waals surface area (Å²) < 4.78 is 5.66. The summed E-state index contributed by atoms with van der Waals surface area (Å²) in [5.41, 5.74) is 3.37. The average Bonchev–Trinajstić information content (AvgIpc) is 3.01. The van der Waals surface area contributed by atoms with Crippen LogP contribution in [0, 0.1) is 13.8 Å². The predicted molar refractivity (Wildman–Crippen MR) is 85.8 cm³/mol. The molecule has 22 heavy (non-hydrogen) atoms. The van der Waals surface area contributed by atoms with Gasteiger partial charge in [-0.3, -0.25) is 4.79 Å². The molecule has 3 rings (SSSR count). The summed E-state index contributed by atoms with van der Waals surface area (Å²) in [7, 11) is 0. The largest absolute Gasteiger partial charge is 0.451 e. The molecule has 1 N–H and O–H groups in total. The highest BCUT2D eigenvalue weighted by Gasteiger charge is 2.13. The summed E-state index contributed by atoms with van der Waals surface area (Å²) >= 11 is 0. The highest BCUT2D eigenvalue weighted by Crippen LogP contribution is 2.24. The molecule has 2 heterocycles. The molecule has 0 aliphatic carbocycles. The second-order valence-corrected chi connectivity index (χ2v) is 5.13. The van der Waals surface area contributed by atoms with E-state index >= 15 is 0 Å². The Labute approximate surface area is 128 Å². The number of pyridine rings is 1. The Morgan fingerprint density at radius 1 is 1.05 bits per heavy atom. The van der Waals surface area contributed by atoms with Crippen molar-refractivity contribution in [2.75, 3.05) is 5.32 Å². The minimum absolute atomic E-state index is 0.263. The number of rotatable bonds is 3. The van der Waals surface area contributed by atoms with Crippen molar-refractivity contribution in [3.63, 3.8) is 0 Å². The molecule has 4 nitrogen and oxygen atoms in total. The summed E-state index contributed by atoms with van der Waals surface area (Å²) in [5.74, 6) is 1.12. The first-order valence-electron chi connectivity index (χ1n) is 7.03. The van der Waals surface area contributed by atoms with Gasteiger partial charge < -0.3 is 9.73 Å². The number of aromatic nitrogens is 1. The van der Waals surface area contributed by atoms with E-state index in [4.69, 9.17) is 4.42 Å². The number of nitrogens with one attached hydrogen (secondary N) is 1. The van der Waals surface area contributed by atoms with E-state index in [0.717, 1.165) is 5.56 Å². The number of carbonyl (C=O) groups is 1. The Kier molecular flexibility index (Phi) is 3.74. The quantitative estimate of drug-likeness (QED) is 0.786. The van der Waals surface area contributed by atoms with Gasteiger partial charge in [0.05, 0.1) is 0 Å². The highest BCUT2D eigenvalue weighted by molar-refractivity contribution is 6.02. The second kappa shape index (κ2) is 5.85. The number of carbonyl (C=O) groups excluding carboxylic acids is 1. The first-order chi connectivity index (χ1) is 10.6. The summed E-state index contributed by atoms with van der Waals surface area (Å²) in [6.07, 6.45) is 1.62. The Morgan fingerprint density at radius 2 is 1.91 bits per heavy atom. The second-order valence-electron chi connectivity index (χ2n) is 5.13. The van der Waals surface area contributed by atoms with Gasteiger partial charge in [0.1, 0.15) is 11.6 Å². The van der Waals surface area contributed by atoms with Gasteiger partial charge in [0, 0.05) is 11.8 Å². The van der Waals surface area contributed by atoms with Crippen molar-refractivity contribution in [3.05, 3.63) is 71.6 Å². The fraction of sp³-hybridized carbons (Fsp3) is 0.111. The molecule has 0 bridgehead atoms. The molecule has 0 unspecified atom stereocenters. The van der Waals surface area contributed by atoms with Crippen LogP contribution in [0.5, 0.6) is 0 Å². The number of benzene rings is 1. The van der Waals surface area contributed by atoms with Crippen LogP contribution in [-0.2, 0) is 0 Å². The van der Waals surface area contributed by atoms with Crippen LogP contribution in [-0.4, -0.2) is 10.9 Å².